The molecule has 0 amide bonds. The average Bonchev–Trinajstić information content (AvgIpc) is 2.61. The van der Waals surface area contributed by atoms with Crippen LogP contribution in [0.5, 0.6) is 0 Å². The highest BCUT2D eigenvalue weighted by atomic mass is 127. The highest BCUT2D eigenvalue weighted by Crippen LogP contribution is 2.19. The summed E-state index contributed by atoms with van der Waals surface area (Å²) in [6.45, 7) is 4.40. The van der Waals surface area contributed by atoms with Crippen LogP contribution >= 0.6 is 24.0 Å². The first-order valence-electron chi connectivity index (χ1n) is 8.51. The molecule has 1 aliphatic rings. The van der Waals surface area contributed by atoms with Gasteiger partial charge in [0.25, 0.3) is 0 Å². The molecule has 1 aromatic carbocycles. The summed E-state index contributed by atoms with van der Waals surface area (Å²) in [6.07, 6.45) is 8.63. The van der Waals surface area contributed by atoms with Crippen LogP contribution in [-0.4, -0.2) is 19.0 Å². The first-order valence-corrected chi connectivity index (χ1v) is 8.51. The number of allylic oxidation sites excluding steroid dienone is 1. The van der Waals surface area contributed by atoms with E-state index in [1.54, 1.807) is 5.57 Å². The topological polar surface area (TPSA) is 60.2 Å². The lowest BCUT2D eigenvalue weighted by Gasteiger charge is -2.15. The Morgan fingerprint density at radius 3 is 2.88 bits per heavy atom. The maximum atomic E-state index is 8.95. The molecule has 4 nitrogen and oxygen atoms in total. The minimum atomic E-state index is 0. The van der Waals surface area contributed by atoms with Crippen molar-refractivity contribution in [2.45, 2.75) is 45.6 Å². The predicted molar refractivity (Wildman–Crippen MR) is 111 cm³/mol. The third-order valence-corrected chi connectivity index (χ3v) is 3.94. The van der Waals surface area contributed by atoms with E-state index in [9.17, 15) is 0 Å². The number of rotatable bonds is 6. The minimum Gasteiger partial charge on any atom is -0.357 e. The van der Waals surface area contributed by atoms with Crippen LogP contribution in [0.25, 0.3) is 0 Å². The van der Waals surface area contributed by atoms with E-state index in [0.717, 1.165) is 31.0 Å². The second-order valence-electron chi connectivity index (χ2n) is 5.79. The number of benzene rings is 1. The zero-order valence-corrected chi connectivity index (χ0v) is 16.7. The van der Waals surface area contributed by atoms with Gasteiger partial charge in [-0.05, 0) is 56.7 Å². The third kappa shape index (κ3) is 7.35. The molecule has 130 valence electrons. The monoisotopic (exact) mass is 438 g/mol. The van der Waals surface area contributed by atoms with Crippen LogP contribution in [0.3, 0.4) is 0 Å². The van der Waals surface area contributed by atoms with Gasteiger partial charge >= 0.3 is 0 Å². The van der Waals surface area contributed by atoms with E-state index in [1.165, 1.54) is 25.7 Å². The molecule has 1 aromatic rings. The molecule has 0 saturated heterocycles. The highest BCUT2D eigenvalue weighted by molar-refractivity contribution is 14.0. The molecule has 2 N–H and O–H groups in total. The molecular weight excluding hydrogens is 411 g/mol. The normalized spacial score (nSPS) is 14.2. The van der Waals surface area contributed by atoms with Crippen molar-refractivity contribution in [1.82, 2.24) is 10.6 Å². The molecule has 5 heteroatoms. The summed E-state index contributed by atoms with van der Waals surface area (Å²) in [5.74, 6) is 0.839. The smallest absolute Gasteiger partial charge is 0.191 e. The first kappa shape index (κ1) is 20.5. The van der Waals surface area contributed by atoms with Crippen LogP contribution in [0.15, 0.2) is 40.9 Å². The van der Waals surface area contributed by atoms with E-state index >= 15 is 0 Å². The van der Waals surface area contributed by atoms with E-state index in [-0.39, 0.29) is 24.0 Å². The van der Waals surface area contributed by atoms with Crippen LogP contribution in [0.2, 0.25) is 0 Å². The Kier molecular flexibility index (Phi) is 10.2. The van der Waals surface area contributed by atoms with Crippen LogP contribution in [0.4, 0.5) is 0 Å². The standard InChI is InChI=1S/C19H26N4.HI/c1-2-21-19(22-12-11-16-7-4-3-5-8-16)23-15-18-10-6-9-17(13-18)14-20;/h6-7,9-10,13H,2-5,8,11-12,15H2,1H3,(H2,21,22,23);1H. The zero-order chi connectivity index (χ0) is 16.3. The number of hydrogen-bond donors (Lipinski definition) is 2. The van der Waals surface area contributed by atoms with Crippen molar-refractivity contribution in [1.29, 1.82) is 5.26 Å². The number of hydrogen-bond acceptors (Lipinski definition) is 2. The fourth-order valence-electron chi connectivity index (χ4n) is 2.72. The molecule has 0 radical (unpaired) electrons. The largest absolute Gasteiger partial charge is 0.357 e. The maximum absolute atomic E-state index is 8.95. The van der Waals surface area contributed by atoms with Gasteiger partial charge in [0.1, 0.15) is 0 Å². The zero-order valence-electron chi connectivity index (χ0n) is 14.3. The van der Waals surface area contributed by atoms with Crippen LogP contribution in [0.1, 0.15) is 50.2 Å². The molecule has 0 spiro atoms. The van der Waals surface area contributed by atoms with Crippen molar-refractivity contribution in [3.63, 3.8) is 0 Å². The summed E-state index contributed by atoms with van der Waals surface area (Å²) < 4.78 is 0. The van der Waals surface area contributed by atoms with Crippen LogP contribution in [-0.2, 0) is 6.54 Å². The Bertz CT molecular complexity index is 602. The quantitative estimate of drug-likeness (QED) is 0.304. The second-order valence-corrected chi connectivity index (χ2v) is 5.79. The molecule has 0 atom stereocenters. The molecular formula is C19H27IN4. The summed E-state index contributed by atoms with van der Waals surface area (Å²) in [6, 6.07) is 9.77. The van der Waals surface area contributed by atoms with Gasteiger partial charge in [-0.25, -0.2) is 4.99 Å². The third-order valence-electron chi connectivity index (χ3n) is 3.94. The molecule has 2 rings (SSSR count). The van der Waals surface area contributed by atoms with Crippen molar-refractivity contribution in [3.8, 4) is 6.07 Å². The summed E-state index contributed by atoms with van der Waals surface area (Å²) in [5, 5.41) is 15.6. The maximum Gasteiger partial charge on any atom is 0.191 e. The number of aliphatic imine (C=N–C) groups is 1. The number of guanidine groups is 1. The molecule has 0 fully saturated rings. The van der Waals surface area contributed by atoms with E-state index in [4.69, 9.17) is 5.26 Å². The van der Waals surface area contributed by atoms with Gasteiger partial charge in [0.2, 0.25) is 0 Å². The molecule has 1 aliphatic carbocycles. The van der Waals surface area contributed by atoms with Crippen molar-refractivity contribution in [3.05, 3.63) is 47.0 Å². The van der Waals surface area contributed by atoms with Gasteiger partial charge in [0, 0.05) is 13.1 Å². The van der Waals surface area contributed by atoms with Crippen LogP contribution < -0.4 is 10.6 Å². The Morgan fingerprint density at radius 2 is 2.17 bits per heavy atom. The number of halogens is 1. The second kappa shape index (κ2) is 11.9. The van der Waals surface area contributed by atoms with Crippen molar-refractivity contribution < 1.29 is 0 Å². The number of nitrogens with one attached hydrogen (secondary N) is 2. The fraction of sp³-hybridized carbons (Fsp3) is 0.474. The highest BCUT2D eigenvalue weighted by Gasteiger charge is 2.04. The molecule has 0 saturated carbocycles. The van der Waals surface area contributed by atoms with Crippen molar-refractivity contribution >= 4 is 29.9 Å². The summed E-state index contributed by atoms with van der Waals surface area (Å²) in [4.78, 5) is 4.61. The minimum absolute atomic E-state index is 0. The molecule has 0 unspecified atom stereocenters. The molecule has 24 heavy (non-hydrogen) atoms. The van der Waals surface area contributed by atoms with E-state index < -0.39 is 0 Å². The van der Waals surface area contributed by atoms with E-state index in [2.05, 4.69) is 34.7 Å². The fourth-order valence-corrected chi connectivity index (χ4v) is 2.72. The lowest BCUT2D eigenvalue weighted by molar-refractivity contribution is 0.665. The summed E-state index contributed by atoms with van der Waals surface area (Å²) >= 11 is 0. The van der Waals surface area contributed by atoms with Gasteiger partial charge < -0.3 is 10.6 Å². The van der Waals surface area contributed by atoms with Crippen molar-refractivity contribution in [2.24, 2.45) is 4.99 Å². The molecule has 0 heterocycles. The van der Waals surface area contributed by atoms with Gasteiger partial charge in [-0.15, -0.1) is 24.0 Å². The molecule has 0 bridgehead atoms. The van der Waals surface area contributed by atoms with Gasteiger partial charge in [-0.2, -0.15) is 5.26 Å². The predicted octanol–water partition coefficient (Wildman–Crippen LogP) is 4.12. The van der Waals surface area contributed by atoms with Gasteiger partial charge in [0.05, 0.1) is 18.2 Å². The SMILES string of the molecule is CCNC(=NCc1cccc(C#N)c1)NCCC1=CCCCC1.I. The van der Waals surface area contributed by atoms with Crippen molar-refractivity contribution in [2.75, 3.05) is 13.1 Å². The molecule has 0 aliphatic heterocycles. The van der Waals surface area contributed by atoms with Gasteiger partial charge in [0.15, 0.2) is 5.96 Å². The molecule has 0 aromatic heterocycles. The Morgan fingerprint density at radius 1 is 1.29 bits per heavy atom. The number of nitriles is 1. The lowest BCUT2D eigenvalue weighted by Crippen LogP contribution is -2.37. The van der Waals surface area contributed by atoms with E-state index in [0.29, 0.717) is 12.1 Å². The lowest BCUT2D eigenvalue weighted by atomic mass is 9.97. The first-order chi connectivity index (χ1) is 11.3. The Labute approximate surface area is 162 Å². The van der Waals surface area contributed by atoms with E-state index in [1.807, 2.05) is 24.3 Å². The van der Waals surface area contributed by atoms with Gasteiger partial charge in [-0.3, -0.25) is 0 Å². The number of nitrogens with zero attached hydrogens (tertiary/aromatic N) is 2. The van der Waals surface area contributed by atoms with Gasteiger partial charge in [-0.1, -0.05) is 23.8 Å². The summed E-state index contributed by atoms with van der Waals surface area (Å²) in [5.41, 5.74) is 3.30. The average molecular weight is 438 g/mol. The summed E-state index contributed by atoms with van der Waals surface area (Å²) in [7, 11) is 0. The Hall–Kier alpha value is -1.55. The Balaban J connectivity index is 0.00000288. The van der Waals surface area contributed by atoms with Crippen LogP contribution in [0, 0.1) is 11.3 Å².